The number of nitriles is 1. The minimum Gasteiger partial charge on any atom is -0.487 e. The molecule has 2 heterocycles. The van der Waals surface area contributed by atoms with Gasteiger partial charge in [0.15, 0.2) is 5.75 Å². The molecule has 0 atom stereocenters. The van der Waals surface area contributed by atoms with E-state index in [1.165, 1.54) is 22.3 Å². The maximum atomic E-state index is 9.47. The van der Waals surface area contributed by atoms with Gasteiger partial charge in [0.05, 0.1) is 5.52 Å². The summed E-state index contributed by atoms with van der Waals surface area (Å²) in [5.41, 5.74) is 3.44. The monoisotopic (exact) mass is 344 g/mol. The fraction of sp³-hybridized carbons (Fsp3) is 0.0952. The van der Waals surface area contributed by atoms with Gasteiger partial charge in [-0.15, -0.1) is 11.3 Å². The molecular formula is C21H16N2OS. The molecule has 4 rings (SSSR count). The summed E-state index contributed by atoms with van der Waals surface area (Å²) in [5, 5.41) is 11.6. The van der Waals surface area contributed by atoms with E-state index in [0.29, 0.717) is 17.2 Å². The Balaban J connectivity index is 1.66. The predicted octanol–water partition coefficient (Wildman–Crippen LogP) is 5.45. The van der Waals surface area contributed by atoms with Crippen molar-refractivity contribution in [3.63, 3.8) is 0 Å². The van der Waals surface area contributed by atoms with Crippen molar-refractivity contribution in [1.82, 2.24) is 4.57 Å². The number of hydrogen-bond acceptors (Lipinski definition) is 3. The molecule has 0 spiro atoms. The molecule has 0 radical (unpaired) electrons. The molecule has 0 aliphatic carbocycles. The van der Waals surface area contributed by atoms with Crippen LogP contribution in [0.5, 0.6) is 5.75 Å². The zero-order valence-corrected chi connectivity index (χ0v) is 14.6. The van der Waals surface area contributed by atoms with Crippen LogP contribution in [-0.4, -0.2) is 4.57 Å². The van der Waals surface area contributed by atoms with E-state index < -0.39 is 0 Å². The number of benzene rings is 2. The Kier molecular flexibility index (Phi) is 4.01. The van der Waals surface area contributed by atoms with Crippen molar-refractivity contribution in [1.29, 1.82) is 5.26 Å². The van der Waals surface area contributed by atoms with Crippen LogP contribution in [-0.2, 0) is 6.61 Å². The van der Waals surface area contributed by atoms with Crippen LogP contribution in [0, 0.1) is 18.3 Å². The first-order valence-corrected chi connectivity index (χ1v) is 8.85. The van der Waals surface area contributed by atoms with Gasteiger partial charge in [-0.2, -0.15) is 5.26 Å². The smallest absolute Gasteiger partial charge is 0.150 e. The Morgan fingerprint density at radius 1 is 1.08 bits per heavy atom. The highest BCUT2D eigenvalue weighted by molar-refractivity contribution is 7.15. The van der Waals surface area contributed by atoms with Crippen molar-refractivity contribution < 1.29 is 4.74 Å². The third-order valence-electron chi connectivity index (χ3n) is 4.27. The standard InChI is InChI=1S/C21H16N2OS/c1-15-6-2-3-8-17(15)14-24-19-12-21(25-20(19)13-22)23-11-10-16-7-4-5-9-18(16)23/h2-12H,14H2,1H3. The number of ether oxygens (including phenoxy) is 1. The molecule has 0 aliphatic rings. The predicted molar refractivity (Wildman–Crippen MR) is 101 cm³/mol. The van der Waals surface area contributed by atoms with Crippen molar-refractivity contribution >= 4 is 22.2 Å². The first-order valence-electron chi connectivity index (χ1n) is 8.04. The number of aromatic nitrogens is 1. The fourth-order valence-corrected chi connectivity index (χ4v) is 3.77. The third-order valence-corrected chi connectivity index (χ3v) is 5.29. The Morgan fingerprint density at radius 3 is 2.72 bits per heavy atom. The van der Waals surface area contributed by atoms with Crippen molar-refractivity contribution in [3.05, 3.63) is 82.9 Å². The average Bonchev–Trinajstić information content (AvgIpc) is 3.24. The molecule has 0 aliphatic heterocycles. The first kappa shape index (κ1) is 15.5. The summed E-state index contributed by atoms with van der Waals surface area (Å²) in [4.78, 5) is 0.598. The number of thiophene rings is 1. The lowest BCUT2D eigenvalue weighted by Gasteiger charge is -2.07. The van der Waals surface area contributed by atoms with Crippen LogP contribution in [0.4, 0.5) is 0 Å². The molecule has 0 amide bonds. The summed E-state index contributed by atoms with van der Waals surface area (Å²) in [6.07, 6.45) is 2.03. The van der Waals surface area contributed by atoms with Crippen LogP contribution >= 0.6 is 11.3 Å². The summed E-state index contributed by atoms with van der Waals surface area (Å²) in [7, 11) is 0. The maximum absolute atomic E-state index is 9.47. The van der Waals surface area contributed by atoms with E-state index >= 15 is 0 Å². The Hall–Kier alpha value is -3.03. The zero-order chi connectivity index (χ0) is 17.2. The highest BCUT2D eigenvalue weighted by Crippen LogP contribution is 2.34. The maximum Gasteiger partial charge on any atom is 0.150 e. The van der Waals surface area contributed by atoms with Gasteiger partial charge in [0.1, 0.15) is 22.6 Å². The lowest BCUT2D eigenvalue weighted by Crippen LogP contribution is -1.97. The topological polar surface area (TPSA) is 38.0 Å². The van der Waals surface area contributed by atoms with E-state index in [-0.39, 0.29) is 0 Å². The van der Waals surface area contributed by atoms with Gasteiger partial charge in [0.25, 0.3) is 0 Å². The second-order valence-corrected chi connectivity index (χ2v) is 6.88. The van der Waals surface area contributed by atoms with Crippen LogP contribution in [0.3, 0.4) is 0 Å². The van der Waals surface area contributed by atoms with Gasteiger partial charge >= 0.3 is 0 Å². The van der Waals surface area contributed by atoms with E-state index in [1.807, 2.05) is 42.6 Å². The van der Waals surface area contributed by atoms with Crippen LogP contribution in [0.2, 0.25) is 0 Å². The molecule has 122 valence electrons. The summed E-state index contributed by atoms with van der Waals surface area (Å²) in [6, 6.07) is 22.6. The largest absolute Gasteiger partial charge is 0.487 e. The molecule has 0 unspecified atom stereocenters. The molecule has 0 fully saturated rings. The highest BCUT2D eigenvalue weighted by atomic mass is 32.1. The third kappa shape index (κ3) is 2.90. The van der Waals surface area contributed by atoms with Gasteiger partial charge in [-0.3, -0.25) is 0 Å². The molecule has 25 heavy (non-hydrogen) atoms. The van der Waals surface area contributed by atoms with Gasteiger partial charge in [-0.1, -0.05) is 42.5 Å². The molecule has 4 heteroatoms. The van der Waals surface area contributed by atoms with Crippen LogP contribution in [0.25, 0.3) is 15.9 Å². The van der Waals surface area contributed by atoms with Gasteiger partial charge in [-0.05, 0) is 35.6 Å². The molecule has 2 aromatic carbocycles. The highest BCUT2D eigenvalue weighted by Gasteiger charge is 2.13. The second-order valence-electron chi connectivity index (χ2n) is 5.85. The second kappa shape index (κ2) is 6.46. The number of rotatable bonds is 4. The molecule has 0 N–H and O–H groups in total. The number of hydrogen-bond donors (Lipinski definition) is 0. The summed E-state index contributed by atoms with van der Waals surface area (Å²) in [6.45, 7) is 2.53. The van der Waals surface area contributed by atoms with Gasteiger partial charge in [0, 0.05) is 12.3 Å². The van der Waals surface area contributed by atoms with Gasteiger partial charge < -0.3 is 9.30 Å². The SMILES string of the molecule is Cc1ccccc1COc1cc(-n2ccc3ccccc32)sc1C#N. The lowest BCUT2D eigenvalue weighted by molar-refractivity contribution is 0.306. The van der Waals surface area contributed by atoms with Crippen LogP contribution < -0.4 is 4.74 Å². The number of nitrogens with zero attached hydrogens (tertiary/aromatic N) is 2. The summed E-state index contributed by atoms with van der Waals surface area (Å²) in [5.74, 6) is 0.642. The van der Waals surface area contributed by atoms with Gasteiger partial charge in [-0.25, -0.2) is 0 Å². The number of fused-ring (bicyclic) bond motifs is 1. The Morgan fingerprint density at radius 2 is 1.88 bits per heavy atom. The van der Waals surface area contributed by atoms with E-state index in [0.717, 1.165) is 16.1 Å². The minimum absolute atomic E-state index is 0.462. The number of aryl methyl sites for hydroxylation is 1. The minimum atomic E-state index is 0.462. The first-order chi connectivity index (χ1) is 12.3. The molecular weight excluding hydrogens is 328 g/mol. The van der Waals surface area contributed by atoms with Crippen molar-refractivity contribution in [2.45, 2.75) is 13.5 Å². The summed E-state index contributed by atoms with van der Waals surface area (Å²) >= 11 is 1.45. The summed E-state index contributed by atoms with van der Waals surface area (Å²) < 4.78 is 8.06. The molecule has 4 aromatic rings. The van der Waals surface area contributed by atoms with Crippen LogP contribution in [0.1, 0.15) is 16.0 Å². The molecule has 0 bridgehead atoms. The average molecular weight is 344 g/mol. The Bertz CT molecular complexity index is 1080. The van der Waals surface area contributed by atoms with E-state index in [4.69, 9.17) is 4.74 Å². The lowest BCUT2D eigenvalue weighted by atomic mass is 10.1. The molecule has 0 saturated carbocycles. The normalized spacial score (nSPS) is 10.7. The zero-order valence-electron chi connectivity index (χ0n) is 13.8. The van der Waals surface area contributed by atoms with Crippen LogP contribution in [0.15, 0.2) is 66.9 Å². The van der Waals surface area contributed by atoms with Crippen molar-refractivity contribution in [2.75, 3.05) is 0 Å². The van der Waals surface area contributed by atoms with E-state index in [1.54, 1.807) is 0 Å². The van der Waals surface area contributed by atoms with E-state index in [9.17, 15) is 5.26 Å². The molecule has 2 aromatic heterocycles. The molecule has 3 nitrogen and oxygen atoms in total. The quantitative estimate of drug-likeness (QED) is 0.493. The number of para-hydroxylation sites is 1. The van der Waals surface area contributed by atoms with E-state index in [2.05, 4.69) is 41.8 Å². The molecule has 0 saturated heterocycles. The van der Waals surface area contributed by atoms with Crippen molar-refractivity contribution in [3.8, 4) is 16.8 Å². The van der Waals surface area contributed by atoms with Crippen molar-refractivity contribution in [2.24, 2.45) is 0 Å². The Labute approximate surface area is 150 Å². The van der Waals surface area contributed by atoms with Gasteiger partial charge in [0.2, 0.25) is 0 Å². The fourth-order valence-electron chi connectivity index (χ4n) is 2.87.